The van der Waals surface area contributed by atoms with E-state index in [1.807, 2.05) is 6.92 Å². The molecule has 2 rings (SSSR count). The van der Waals surface area contributed by atoms with Gasteiger partial charge in [0, 0.05) is 11.4 Å². The summed E-state index contributed by atoms with van der Waals surface area (Å²) in [6, 6.07) is 5.43. The van der Waals surface area contributed by atoms with Gasteiger partial charge in [0.2, 0.25) is 0 Å². The van der Waals surface area contributed by atoms with Crippen LogP contribution in [0, 0.1) is 0 Å². The maximum atomic E-state index is 12.5. The highest BCUT2D eigenvalue weighted by Gasteiger charge is 2.30. The highest BCUT2D eigenvalue weighted by Crippen LogP contribution is 2.31. The van der Waals surface area contributed by atoms with Crippen molar-refractivity contribution in [3.05, 3.63) is 29.8 Å². The topological polar surface area (TPSA) is 24.4 Å². The van der Waals surface area contributed by atoms with Crippen LogP contribution in [-0.2, 0) is 6.18 Å². The Balaban J connectivity index is 2.11. The first-order valence-electron chi connectivity index (χ1n) is 5.64. The van der Waals surface area contributed by atoms with Crippen molar-refractivity contribution in [1.82, 2.24) is 0 Å². The van der Waals surface area contributed by atoms with Gasteiger partial charge in [0.15, 0.2) is 5.17 Å². The van der Waals surface area contributed by atoms with E-state index < -0.39 is 11.7 Å². The molecule has 1 aromatic carbocycles. The first-order chi connectivity index (χ1) is 8.49. The molecule has 98 valence electrons. The summed E-state index contributed by atoms with van der Waals surface area (Å²) in [5.74, 6) is 0.887. The predicted octanol–water partition coefficient (Wildman–Crippen LogP) is 4.00. The summed E-state index contributed by atoms with van der Waals surface area (Å²) in [6.45, 7) is 2.04. The zero-order valence-corrected chi connectivity index (χ0v) is 10.6. The molecular formula is C12H13F3N2S. The third kappa shape index (κ3) is 3.19. The lowest BCUT2D eigenvalue weighted by molar-refractivity contribution is -0.137. The molecule has 1 aliphatic rings. The van der Waals surface area contributed by atoms with Gasteiger partial charge in [-0.05, 0) is 24.6 Å². The molecular weight excluding hydrogens is 261 g/mol. The molecule has 2 nitrogen and oxygen atoms in total. The van der Waals surface area contributed by atoms with E-state index >= 15 is 0 Å². The first-order valence-corrected chi connectivity index (χ1v) is 6.62. The monoisotopic (exact) mass is 274 g/mol. The molecule has 1 N–H and O–H groups in total. The Labute approximate surface area is 108 Å². The quantitative estimate of drug-likeness (QED) is 0.881. The number of nitrogens with zero attached hydrogens (tertiary/aromatic N) is 1. The Morgan fingerprint density at radius 2 is 2.22 bits per heavy atom. The third-order valence-electron chi connectivity index (χ3n) is 2.62. The maximum absolute atomic E-state index is 12.5. The van der Waals surface area contributed by atoms with Crippen molar-refractivity contribution in [3.63, 3.8) is 0 Å². The van der Waals surface area contributed by atoms with Crippen LogP contribution in [0.15, 0.2) is 29.3 Å². The lowest BCUT2D eigenvalue weighted by Crippen LogP contribution is -2.08. The molecule has 6 heteroatoms. The average Bonchev–Trinajstić information content (AvgIpc) is 2.76. The van der Waals surface area contributed by atoms with E-state index in [4.69, 9.17) is 0 Å². The molecule has 1 aliphatic heterocycles. The van der Waals surface area contributed by atoms with Gasteiger partial charge in [-0.25, -0.2) is 0 Å². The molecule has 0 saturated carbocycles. The molecule has 0 radical (unpaired) electrons. The number of hydrogen-bond acceptors (Lipinski definition) is 3. The summed E-state index contributed by atoms with van der Waals surface area (Å²) in [5.41, 5.74) is -0.226. The number of amidine groups is 1. The Bertz CT molecular complexity index is 457. The van der Waals surface area contributed by atoms with Crippen LogP contribution in [0.1, 0.15) is 18.9 Å². The minimum absolute atomic E-state index is 0.267. The number of alkyl halides is 3. The van der Waals surface area contributed by atoms with Crippen LogP contribution in [0.3, 0.4) is 0 Å². The fourth-order valence-electron chi connectivity index (χ4n) is 1.59. The first kappa shape index (κ1) is 13.3. The van der Waals surface area contributed by atoms with Gasteiger partial charge < -0.3 is 5.32 Å². The average molecular weight is 274 g/mol. The van der Waals surface area contributed by atoms with E-state index in [0.29, 0.717) is 10.9 Å². The zero-order chi connectivity index (χ0) is 13.2. The molecule has 0 unspecified atom stereocenters. The van der Waals surface area contributed by atoms with Crippen molar-refractivity contribution in [1.29, 1.82) is 0 Å². The minimum atomic E-state index is -4.31. The van der Waals surface area contributed by atoms with Gasteiger partial charge in [-0.2, -0.15) is 13.2 Å². The largest absolute Gasteiger partial charge is 0.416 e. The lowest BCUT2D eigenvalue weighted by Gasteiger charge is -2.09. The highest BCUT2D eigenvalue weighted by molar-refractivity contribution is 8.14. The van der Waals surface area contributed by atoms with Crippen molar-refractivity contribution in [2.45, 2.75) is 25.6 Å². The lowest BCUT2D eigenvalue weighted by atomic mass is 10.2. The van der Waals surface area contributed by atoms with Crippen LogP contribution < -0.4 is 5.32 Å². The molecule has 0 saturated heterocycles. The fourth-order valence-corrected chi connectivity index (χ4v) is 2.66. The normalized spacial score (nSPS) is 19.8. The number of hydrogen-bond donors (Lipinski definition) is 1. The van der Waals surface area contributed by atoms with E-state index in [0.717, 1.165) is 24.3 Å². The number of anilines is 1. The molecule has 0 aromatic heterocycles. The van der Waals surface area contributed by atoms with Crippen LogP contribution in [0.25, 0.3) is 0 Å². The second-order valence-corrected chi connectivity index (χ2v) is 5.02. The molecule has 18 heavy (non-hydrogen) atoms. The summed E-state index contributed by atoms with van der Waals surface area (Å²) in [6.07, 6.45) is -3.37. The van der Waals surface area contributed by atoms with Crippen LogP contribution >= 0.6 is 11.8 Å². The summed E-state index contributed by atoms with van der Waals surface area (Å²) in [5, 5.41) is 3.63. The Morgan fingerprint density at radius 3 is 2.83 bits per heavy atom. The molecule has 0 aliphatic carbocycles. The predicted molar refractivity (Wildman–Crippen MR) is 69.0 cm³/mol. The number of nitrogens with one attached hydrogen (secondary N) is 1. The van der Waals surface area contributed by atoms with Gasteiger partial charge >= 0.3 is 6.18 Å². The SMILES string of the molecule is CC[C@H]1CSC(Nc2cccc(C(F)(F)F)c2)=N1. The second kappa shape index (κ2) is 5.22. The van der Waals surface area contributed by atoms with Gasteiger partial charge in [-0.15, -0.1) is 0 Å². The maximum Gasteiger partial charge on any atom is 0.416 e. The Morgan fingerprint density at radius 1 is 1.44 bits per heavy atom. The fraction of sp³-hybridized carbons (Fsp3) is 0.417. The third-order valence-corrected chi connectivity index (χ3v) is 3.66. The van der Waals surface area contributed by atoms with Crippen molar-refractivity contribution in [2.24, 2.45) is 4.99 Å². The van der Waals surface area contributed by atoms with E-state index in [2.05, 4.69) is 10.3 Å². The Hall–Kier alpha value is -1.17. The Kier molecular flexibility index (Phi) is 3.85. The van der Waals surface area contributed by atoms with Crippen molar-refractivity contribution < 1.29 is 13.2 Å². The number of aliphatic imine (C=N–C) groups is 1. The van der Waals surface area contributed by atoms with E-state index in [1.54, 1.807) is 17.8 Å². The second-order valence-electron chi connectivity index (χ2n) is 4.01. The summed E-state index contributed by atoms with van der Waals surface area (Å²) in [4.78, 5) is 4.38. The van der Waals surface area contributed by atoms with Gasteiger partial charge in [0.05, 0.1) is 11.6 Å². The number of rotatable bonds is 2. The van der Waals surface area contributed by atoms with Crippen LogP contribution in [0.4, 0.5) is 18.9 Å². The molecule has 1 atom stereocenters. The smallest absolute Gasteiger partial charge is 0.335 e. The van der Waals surface area contributed by atoms with Crippen LogP contribution in [0.5, 0.6) is 0 Å². The van der Waals surface area contributed by atoms with E-state index in [-0.39, 0.29) is 6.04 Å². The highest BCUT2D eigenvalue weighted by atomic mass is 32.2. The van der Waals surface area contributed by atoms with Crippen molar-refractivity contribution >= 4 is 22.6 Å². The molecule has 0 spiro atoms. The number of benzene rings is 1. The number of halogens is 3. The standard InChI is InChI=1S/C12H13F3N2S/c1-2-9-7-18-11(16-9)17-10-5-3-4-8(6-10)12(13,14)15/h3-6,9H,2,7H2,1H3,(H,16,17)/t9-/m0/s1. The van der Waals surface area contributed by atoms with Crippen LogP contribution in [-0.4, -0.2) is 17.0 Å². The van der Waals surface area contributed by atoms with Crippen molar-refractivity contribution in [2.75, 3.05) is 11.1 Å². The zero-order valence-electron chi connectivity index (χ0n) is 9.79. The van der Waals surface area contributed by atoms with Crippen LogP contribution in [0.2, 0.25) is 0 Å². The van der Waals surface area contributed by atoms with Crippen molar-refractivity contribution in [3.8, 4) is 0 Å². The minimum Gasteiger partial charge on any atom is -0.335 e. The number of thioether (sulfide) groups is 1. The molecule has 1 heterocycles. The van der Waals surface area contributed by atoms with Gasteiger partial charge in [-0.1, -0.05) is 24.8 Å². The summed E-state index contributed by atoms with van der Waals surface area (Å²) in [7, 11) is 0. The van der Waals surface area contributed by atoms with Gasteiger partial charge in [0.25, 0.3) is 0 Å². The van der Waals surface area contributed by atoms with Gasteiger partial charge in [0.1, 0.15) is 0 Å². The molecule has 0 fully saturated rings. The summed E-state index contributed by atoms with van der Waals surface area (Å²) >= 11 is 1.54. The summed E-state index contributed by atoms with van der Waals surface area (Å²) < 4.78 is 37.6. The van der Waals surface area contributed by atoms with E-state index in [1.165, 1.54) is 6.07 Å². The van der Waals surface area contributed by atoms with Gasteiger partial charge in [-0.3, -0.25) is 4.99 Å². The molecule has 1 aromatic rings. The molecule has 0 amide bonds. The molecule has 0 bridgehead atoms. The van der Waals surface area contributed by atoms with E-state index in [9.17, 15) is 13.2 Å².